The lowest BCUT2D eigenvalue weighted by molar-refractivity contribution is 1.45. The van der Waals surface area contributed by atoms with Gasteiger partial charge in [-0.05, 0) is 23.7 Å². The number of rotatable bonds is 0. The van der Waals surface area contributed by atoms with Crippen molar-refractivity contribution in [3.8, 4) is 0 Å². The first-order valence-electron chi connectivity index (χ1n) is 3.62. The predicted octanol–water partition coefficient (Wildman–Crippen LogP) is 2.72. The standard InChI is InChI=1S/C6H4N2S.C2H6/c1-2-5-4-8-9-6(5)7-3-1;1-2/h1-4H;1-2H3. The van der Waals surface area contributed by atoms with Crippen molar-refractivity contribution >= 4 is 21.7 Å². The molecule has 0 radical (unpaired) electrons. The van der Waals surface area contributed by atoms with Crippen LogP contribution in [0.2, 0.25) is 0 Å². The summed E-state index contributed by atoms with van der Waals surface area (Å²) in [4.78, 5) is 5.11. The average Bonchev–Trinajstić information content (AvgIpc) is 2.55. The molecule has 0 fully saturated rings. The van der Waals surface area contributed by atoms with Gasteiger partial charge in [0.2, 0.25) is 0 Å². The van der Waals surface area contributed by atoms with E-state index in [1.54, 1.807) is 6.20 Å². The van der Waals surface area contributed by atoms with Crippen LogP contribution in [-0.4, -0.2) is 9.36 Å². The minimum Gasteiger partial charge on any atom is -0.244 e. The highest BCUT2D eigenvalue weighted by molar-refractivity contribution is 7.12. The van der Waals surface area contributed by atoms with Crippen LogP contribution in [0, 0.1) is 0 Å². The molecule has 2 rings (SSSR count). The summed E-state index contributed by atoms with van der Waals surface area (Å²) < 4.78 is 3.98. The molecule has 0 aliphatic rings. The third-order valence-electron chi connectivity index (χ3n) is 1.13. The fraction of sp³-hybridized carbons (Fsp3) is 0.250. The molecule has 0 unspecified atom stereocenters. The zero-order valence-electron chi connectivity index (χ0n) is 6.61. The maximum Gasteiger partial charge on any atom is 0.143 e. The Morgan fingerprint density at radius 3 is 2.91 bits per heavy atom. The zero-order valence-corrected chi connectivity index (χ0v) is 7.43. The van der Waals surface area contributed by atoms with Crippen LogP contribution >= 0.6 is 11.5 Å². The van der Waals surface area contributed by atoms with Gasteiger partial charge in [-0.3, -0.25) is 0 Å². The van der Waals surface area contributed by atoms with E-state index in [0.29, 0.717) is 0 Å². The maximum absolute atomic E-state index is 4.10. The molecule has 0 N–H and O–H groups in total. The Balaban J connectivity index is 0.000000281. The highest BCUT2D eigenvalue weighted by Gasteiger charge is 1.91. The lowest BCUT2D eigenvalue weighted by Crippen LogP contribution is -1.65. The summed E-state index contributed by atoms with van der Waals surface area (Å²) in [5.41, 5.74) is 0. The van der Waals surface area contributed by atoms with Crippen molar-refractivity contribution in [2.24, 2.45) is 0 Å². The molecular formula is C8H10N2S. The zero-order chi connectivity index (χ0) is 8.10. The number of nitrogens with zero attached hydrogens (tertiary/aromatic N) is 2. The summed E-state index contributed by atoms with van der Waals surface area (Å²) in [5, 5.41) is 1.13. The molecule has 2 nitrogen and oxygen atoms in total. The van der Waals surface area contributed by atoms with Crippen LogP contribution in [0.25, 0.3) is 10.2 Å². The van der Waals surface area contributed by atoms with Crippen LogP contribution in [0.3, 0.4) is 0 Å². The number of fused-ring (bicyclic) bond motifs is 1. The Bertz CT molecular complexity index is 286. The van der Waals surface area contributed by atoms with Crippen LogP contribution in [-0.2, 0) is 0 Å². The van der Waals surface area contributed by atoms with Gasteiger partial charge in [0.05, 0.1) is 6.20 Å². The maximum atomic E-state index is 4.10. The van der Waals surface area contributed by atoms with Crippen molar-refractivity contribution in [3.05, 3.63) is 24.5 Å². The molecule has 0 saturated heterocycles. The molecule has 11 heavy (non-hydrogen) atoms. The largest absolute Gasteiger partial charge is 0.244 e. The van der Waals surface area contributed by atoms with E-state index in [1.165, 1.54) is 11.5 Å². The van der Waals surface area contributed by atoms with Crippen molar-refractivity contribution in [1.29, 1.82) is 0 Å². The van der Waals surface area contributed by atoms with Crippen molar-refractivity contribution in [1.82, 2.24) is 9.36 Å². The third kappa shape index (κ3) is 1.74. The normalized spacial score (nSPS) is 8.91. The third-order valence-corrected chi connectivity index (χ3v) is 1.86. The Morgan fingerprint density at radius 2 is 2.18 bits per heavy atom. The molecule has 0 aromatic carbocycles. The van der Waals surface area contributed by atoms with E-state index in [1.807, 2.05) is 32.2 Å². The summed E-state index contributed by atoms with van der Waals surface area (Å²) in [6.07, 6.45) is 3.60. The number of hydrogen-bond acceptors (Lipinski definition) is 3. The summed E-state index contributed by atoms with van der Waals surface area (Å²) in [5.74, 6) is 0. The molecule has 2 aromatic heterocycles. The average molecular weight is 166 g/mol. The summed E-state index contributed by atoms with van der Waals surface area (Å²) in [6.45, 7) is 4.00. The number of aromatic nitrogens is 2. The van der Waals surface area contributed by atoms with Gasteiger partial charge in [0.15, 0.2) is 0 Å². The Hall–Kier alpha value is -0.960. The highest BCUT2D eigenvalue weighted by atomic mass is 32.1. The first kappa shape index (κ1) is 8.14. The fourth-order valence-corrected chi connectivity index (χ4v) is 1.31. The molecule has 0 spiro atoms. The van der Waals surface area contributed by atoms with Crippen LogP contribution in [0.5, 0.6) is 0 Å². The predicted molar refractivity (Wildman–Crippen MR) is 48.8 cm³/mol. The van der Waals surface area contributed by atoms with Gasteiger partial charge in [-0.2, -0.15) is 4.37 Å². The van der Waals surface area contributed by atoms with Crippen molar-refractivity contribution in [2.45, 2.75) is 13.8 Å². The van der Waals surface area contributed by atoms with Gasteiger partial charge in [0.25, 0.3) is 0 Å². The molecule has 0 aliphatic heterocycles. The molecule has 2 aromatic rings. The van der Waals surface area contributed by atoms with E-state index in [2.05, 4.69) is 9.36 Å². The van der Waals surface area contributed by atoms with Crippen LogP contribution < -0.4 is 0 Å². The first-order chi connectivity index (χ1) is 5.47. The van der Waals surface area contributed by atoms with E-state index in [-0.39, 0.29) is 0 Å². The highest BCUT2D eigenvalue weighted by Crippen LogP contribution is 2.12. The SMILES string of the molecule is CC.c1cnc2sncc2c1. The Morgan fingerprint density at radius 1 is 1.36 bits per heavy atom. The number of pyridine rings is 1. The first-order valence-corrected chi connectivity index (χ1v) is 4.39. The second-order valence-corrected chi connectivity index (χ2v) is 2.50. The molecule has 0 atom stereocenters. The summed E-state index contributed by atoms with van der Waals surface area (Å²) in [7, 11) is 0. The molecule has 0 bridgehead atoms. The van der Waals surface area contributed by atoms with E-state index in [0.717, 1.165) is 10.2 Å². The van der Waals surface area contributed by atoms with E-state index >= 15 is 0 Å². The lowest BCUT2D eigenvalue weighted by atomic mass is 10.4. The Kier molecular flexibility index (Phi) is 2.98. The fourth-order valence-electron chi connectivity index (χ4n) is 0.711. The van der Waals surface area contributed by atoms with E-state index < -0.39 is 0 Å². The van der Waals surface area contributed by atoms with Crippen LogP contribution in [0.4, 0.5) is 0 Å². The molecule has 58 valence electrons. The van der Waals surface area contributed by atoms with Gasteiger partial charge < -0.3 is 0 Å². The second kappa shape index (κ2) is 4.03. The van der Waals surface area contributed by atoms with Gasteiger partial charge >= 0.3 is 0 Å². The second-order valence-electron chi connectivity index (χ2n) is 1.72. The summed E-state index contributed by atoms with van der Waals surface area (Å²) >= 11 is 1.43. The van der Waals surface area contributed by atoms with E-state index in [9.17, 15) is 0 Å². The summed E-state index contributed by atoms with van der Waals surface area (Å²) in [6, 6.07) is 3.92. The minimum atomic E-state index is 1.01. The smallest absolute Gasteiger partial charge is 0.143 e. The Labute approximate surface area is 70.1 Å². The van der Waals surface area contributed by atoms with Gasteiger partial charge in [0, 0.05) is 11.6 Å². The van der Waals surface area contributed by atoms with Gasteiger partial charge in [0.1, 0.15) is 4.83 Å². The molecule has 3 heteroatoms. The molecule has 0 saturated carbocycles. The lowest BCUT2D eigenvalue weighted by Gasteiger charge is -1.79. The molecule has 0 aliphatic carbocycles. The monoisotopic (exact) mass is 166 g/mol. The van der Waals surface area contributed by atoms with Gasteiger partial charge in [-0.25, -0.2) is 4.98 Å². The molecule has 2 heterocycles. The minimum absolute atomic E-state index is 1.01. The van der Waals surface area contributed by atoms with Crippen molar-refractivity contribution < 1.29 is 0 Å². The van der Waals surface area contributed by atoms with Crippen LogP contribution in [0.15, 0.2) is 24.5 Å². The van der Waals surface area contributed by atoms with E-state index in [4.69, 9.17) is 0 Å². The van der Waals surface area contributed by atoms with Crippen molar-refractivity contribution in [3.63, 3.8) is 0 Å². The number of hydrogen-bond donors (Lipinski definition) is 0. The van der Waals surface area contributed by atoms with Crippen LogP contribution in [0.1, 0.15) is 13.8 Å². The van der Waals surface area contributed by atoms with Gasteiger partial charge in [-0.1, -0.05) is 13.8 Å². The van der Waals surface area contributed by atoms with Crippen molar-refractivity contribution in [2.75, 3.05) is 0 Å². The molecule has 0 amide bonds. The topological polar surface area (TPSA) is 25.8 Å². The van der Waals surface area contributed by atoms with Gasteiger partial charge in [-0.15, -0.1) is 0 Å². The molecular weight excluding hydrogens is 156 g/mol. The quantitative estimate of drug-likeness (QED) is 0.601.